The summed E-state index contributed by atoms with van der Waals surface area (Å²) in [5.41, 5.74) is 0.475. The van der Waals surface area contributed by atoms with Gasteiger partial charge in [-0.25, -0.2) is 23.1 Å². The lowest BCUT2D eigenvalue weighted by Crippen LogP contribution is -2.40. The number of ether oxygens (including phenoxy) is 2. The van der Waals surface area contributed by atoms with Crippen LogP contribution in [0, 0.1) is 0 Å². The standard InChI is InChI=1S/C16H15F5N2O2/c1-2-7-24-12-8-22-15(23-9-12)10-3-5-11(6-4-10)25-16(20,21)13(17)14(18)19/h3-6,8-9,13-14H,2,7H2,1H3. The van der Waals surface area contributed by atoms with Crippen molar-refractivity contribution in [2.75, 3.05) is 6.61 Å². The average molecular weight is 362 g/mol. The highest BCUT2D eigenvalue weighted by Crippen LogP contribution is 2.30. The molecule has 0 saturated carbocycles. The Morgan fingerprint density at radius 1 is 1.00 bits per heavy atom. The maximum Gasteiger partial charge on any atom is 0.435 e. The number of hydrogen-bond acceptors (Lipinski definition) is 4. The van der Waals surface area contributed by atoms with Crippen LogP contribution in [0.5, 0.6) is 11.5 Å². The van der Waals surface area contributed by atoms with Gasteiger partial charge in [-0.1, -0.05) is 6.92 Å². The summed E-state index contributed by atoms with van der Waals surface area (Å²) in [4.78, 5) is 8.15. The summed E-state index contributed by atoms with van der Waals surface area (Å²) in [6, 6.07) is 4.88. The van der Waals surface area contributed by atoms with Gasteiger partial charge < -0.3 is 9.47 Å². The highest BCUT2D eigenvalue weighted by molar-refractivity contribution is 5.56. The average Bonchev–Trinajstić information content (AvgIpc) is 2.60. The first-order valence-electron chi connectivity index (χ1n) is 7.38. The molecule has 0 amide bonds. The van der Waals surface area contributed by atoms with Crippen LogP contribution >= 0.6 is 0 Å². The zero-order chi connectivity index (χ0) is 18.4. The molecule has 0 aliphatic heterocycles. The third-order valence-corrected chi connectivity index (χ3v) is 3.01. The van der Waals surface area contributed by atoms with Crippen molar-refractivity contribution in [3.8, 4) is 22.9 Å². The van der Waals surface area contributed by atoms with E-state index in [1.165, 1.54) is 24.5 Å². The van der Waals surface area contributed by atoms with E-state index in [1.807, 2.05) is 6.92 Å². The summed E-state index contributed by atoms with van der Waals surface area (Å²) in [6.07, 6.45) is -8.44. The zero-order valence-electron chi connectivity index (χ0n) is 13.1. The summed E-state index contributed by atoms with van der Waals surface area (Å²) in [6.45, 7) is 2.48. The van der Waals surface area contributed by atoms with Crippen LogP contribution in [0.1, 0.15) is 13.3 Å². The number of hydrogen-bond donors (Lipinski definition) is 0. The van der Waals surface area contributed by atoms with Gasteiger partial charge >= 0.3 is 6.11 Å². The van der Waals surface area contributed by atoms with Crippen molar-refractivity contribution in [1.82, 2.24) is 9.97 Å². The van der Waals surface area contributed by atoms with Gasteiger partial charge in [-0.15, -0.1) is 0 Å². The second kappa shape index (κ2) is 8.09. The second-order valence-electron chi connectivity index (χ2n) is 5.02. The van der Waals surface area contributed by atoms with E-state index >= 15 is 0 Å². The van der Waals surface area contributed by atoms with Gasteiger partial charge in [0.1, 0.15) is 5.75 Å². The summed E-state index contributed by atoms with van der Waals surface area (Å²) in [5.74, 6) is 0.337. The number of rotatable bonds is 8. The van der Waals surface area contributed by atoms with Crippen LogP contribution in [0.15, 0.2) is 36.7 Å². The second-order valence-corrected chi connectivity index (χ2v) is 5.02. The largest absolute Gasteiger partial charge is 0.490 e. The molecule has 0 aliphatic rings. The molecule has 0 radical (unpaired) electrons. The van der Waals surface area contributed by atoms with E-state index < -0.39 is 24.5 Å². The molecule has 25 heavy (non-hydrogen) atoms. The van der Waals surface area contributed by atoms with Crippen molar-refractivity contribution < 1.29 is 31.4 Å². The molecule has 136 valence electrons. The number of benzene rings is 1. The molecule has 2 aromatic rings. The predicted octanol–water partition coefficient (Wildman–Crippen LogP) is 4.51. The fraction of sp³-hybridized carbons (Fsp3) is 0.375. The molecule has 1 aromatic heterocycles. The Labute approximate surface area is 140 Å². The van der Waals surface area contributed by atoms with Gasteiger partial charge in [0.25, 0.3) is 12.6 Å². The van der Waals surface area contributed by atoms with E-state index in [0.717, 1.165) is 18.6 Å². The molecule has 0 saturated heterocycles. The van der Waals surface area contributed by atoms with Crippen LogP contribution in [0.4, 0.5) is 22.0 Å². The molecular weight excluding hydrogens is 347 g/mol. The van der Waals surface area contributed by atoms with E-state index in [1.54, 1.807) is 0 Å². The first-order chi connectivity index (χ1) is 11.8. The van der Waals surface area contributed by atoms with Gasteiger partial charge in [0.2, 0.25) is 0 Å². The molecule has 1 unspecified atom stereocenters. The Morgan fingerprint density at radius 2 is 1.60 bits per heavy atom. The lowest BCUT2D eigenvalue weighted by Gasteiger charge is -2.20. The van der Waals surface area contributed by atoms with Crippen LogP contribution in [-0.4, -0.2) is 35.3 Å². The molecule has 2 rings (SSSR count). The summed E-state index contributed by atoms with van der Waals surface area (Å²) < 4.78 is 72.7. The van der Waals surface area contributed by atoms with Crippen molar-refractivity contribution in [2.45, 2.75) is 32.1 Å². The molecule has 1 aromatic carbocycles. The molecule has 1 atom stereocenters. The minimum atomic E-state index is -4.63. The maximum atomic E-state index is 13.2. The van der Waals surface area contributed by atoms with E-state index in [9.17, 15) is 22.0 Å². The fourth-order valence-corrected chi connectivity index (χ4v) is 1.79. The number of alkyl halides is 5. The van der Waals surface area contributed by atoms with Crippen molar-refractivity contribution in [2.24, 2.45) is 0 Å². The van der Waals surface area contributed by atoms with Crippen LogP contribution in [0.2, 0.25) is 0 Å². The smallest absolute Gasteiger partial charge is 0.435 e. The van der Waals surface area contributed by atoms with Gasteiger partial charge in [-0.2, -0.15) is 8.78 Å². The maximum absolute atomic E-state index is 13.2. The van der Waals surface area contributed by atoms with Crippen LogP contribution in [-0.2, 0) is 0 Å². The van der Waals surface area contributed by atoms with Crippen molar-refractivity contribution in [3.63, 3.8) is 0 Å². The van der Waals surface area contributed by atoms with Gasteiger partial charge in [0.15, 0.2) is 11.6 Å². The molecule has 0 fully saturated rings. The van der Waals surface area contributed by atoms with Gasteiger partial charge in [0, 0.05) is 5.56 Å². The third-order valence-electron chi connectivity index (χ3n) is 3.01. The number of nitrogens with zero attached hydrogens (tertiary/aromatic N) is 2. The van der Waals surface area contributed by atoms with Crippen molar-refractivity contribution in [1.29, 1.82) is 0 Å². The van der Waals surface area contributed by atoms with E-state index in [0.29, 0.717) is 23.7 Å². The molecule has 0 bridgehead atoms. The predicted molar refractivity (Wildman–Crippen MR) is 79.7 cm³/mol. The lowest BCUT2D eigenvalue weighted by molar-refractivity contribution is -0.244. The quantitative estimate of drug-likeness (QED) is 0.649. The number of halogens is 5. The Bertz CT molecular complexity index is 665. The van der Waals surface area contributed by atoms with Crippen LogP contribution < -0.4 is 9.47 Å². The fourth-order valence-electron chi connectivity index (χ4n) is 1.79. The zero-order valence-corrected chi connectivity index (χ0v) is 13.1. The van der Waals surface area contributed by atoms with Crippen molar-refractivity contribution >= 4 is 0 Å². The Kier molecular flexibility index (Phi) is 6.11. The van der Waals surface area contributed by atoms with Crippen molar-refractivity contribution in [3.05, 3.63) is 36.7 Å². The molecule has 0 aliphatic carbocycles. The molecular formula is C16H15F5N2O2. The minimum Gasteiger partial charge on any atom is -0.490 e. The third kappa shape index (κ3) is 5.01. The monoisotopic (exact) mass is 362 g/mol. The molecule has 1 heterocycles. The van der Waals surface area contributed by atoms with E-state index in [-0.39, 0.29) is 0 Å². The Hall–Kier alpha value is -2.45. The molecule has 9 heteroatoms. The Morgan fingerprint density at radius 3 is 2.12 bits per heavy atom. The summed E-state index contributed by atoms with van der Waals surface area (Å²) in [5, 5.41) is 0. The van der Waals surface area contributed by atoms with E-state index in [4.69, 9.17) is 4.74 Å². The first-order valence-corrected chi connectivity index (χ1v) is 7.38. The topological polar surface area (TPSA) is 44.2 Å². The van der Waals surface area contributed by atoms with Gasteiger partial charge in [-0.3, -0.25) is 0 Å². The van der Waals surface area contributed by atoms with E-state index in [2.05, 4.69) is 14.7 Å². The summed E-state index contributed by atoms with van der Waals surface area (Å²) in [7, 11) is 0. The van der Waals surface area contributed by atoms with Gasteiger partial charge in [0.05, 0.1) is 19.0 Å². The molecule has 4 nitrogen and oxygen atoms in total. The normalized spacial score (nSPS) is 12.9. The van der Waals surface area contributed by atoms with Crippen LogP contribution in [0.25, 0.3) is 11.4 Å². The highest BCUT2D eigenvalue weighted by Gasteiger charge is 2.49. The van der Waals surface area contributed by atoms with Crippen LogP contribution in [0.3, 0.4) is 0 Å². The Balaban J connectivity index is 2.06. The molecule has 0 N–H and O–H groups in total. The molecule has 0 spiro atoms. The lowest BCUT2D eigenvalue weighted by atomic mass is 10.2. The SMILES string of the molecule is CCCOc1cnc(-c2ccc(OC(F)(F)C(F)C(F)F)cc2)nc1. The first kappa shape index (κ1) is 18.9. The minimum absolute atomic E-state index is 0.304. The summed E-state index contributed by atoms with van der Waals surface area (Å²) >= 11 is 0. The number of aromatic nitrogens is 2. The highest BCUT2D eigenvalue weighted by atomic mass is 19.3. The van der Waals surface area contributed by atoms with Gasteiger partial charge in [-0.05, 0) is 30.7 Å².